The Morgan fingerprint density at radius 2 is 1.82 bits per heavy atom. The summed E-state index contributed by atoms with van der Waals surface area (Å²) in [6.45, 7) is 1.28. The lowest BCUT2D eigenvalue weighted by Gasteiger charge is -2.15. The molecule has 4 nitrogen and oxygen atoms in total. The third-order valence-electron chi connectivity index (χ3n) is 2.71. The monoisotopic (exact) mass is 239 g/mol. The number of methoxy groups -OCH3 is 3. The van der Waals surface area contributed by atoms with Gasteiger partial charge in [-0.2, -0.15) is 0 Å². The van der Waals surface area contributed by atoms with Crippen LogP contribution in [0.2, 0.25) is 0 Å². The average Bonchev–Trinajstić information content (AvgIpc) is 2.38. The van der Waals surface area contributed by atoms with Gasteiger partial charge in [0.25, 0.3) is 0 Å². The Morgan fingerprint density at radius 1 is 1.12 bits per heavy atom. The summed E-state index contributed by atoms with van der Waals surface area (Å²) in [5.41, 5.74) is 6.87. The number of rotatable bonds is 7. The predicted octanol–water partition coefficient (Wildman–Crippen LogP) is 1.47. The van der Waals surface area contributed by atoms with E-state index >= 15 is 0 Å². The zero-order chi connectivity index (χ0) is 12.7. The van der Waals surface area contributed by atoms with E-state index in [0.717, 1.165) is 17.9 Å². The van der Waals surface area contributed by atoms with Crippen LogP contribution < -0.4 is 15.2 Å². The molecule has 0 bridgehead atoms. The van der Waals surface area contributed by atoms with Crippen LogP contribution in [0.25, 0.3) is 0 Å². The van der Waals surface area contributed by atoms with Crippen molar-refractivity contribution >= 4 is 0 Å². The van der Waals surface area contributed by atoms with Gasteiger partial charge < -0.3 is 19.9 Å². The standard InChI is InChI=1S/C13H21NO3/c1-15-9-11(8-14)6-10-4-5-12(16-2)13(7-10)17-3/h4-5,7,11H,6,8-9,14H2,1-3H3. The average molecular weight is 239 g/mol. The smallest absolute Gasteiger partial charge is 0.160 e. The molecule has 0 amide bonds. The molecule has 96 valence electrons. The van der Waals surface area contributed by atoms with Gasteiger partial charge in [0.2, 0.25) is 0 Å². The third-order valence-corrected chi connectivity index (χ3v) is 2.71. The molecule has 1 aromatic carbocycles. The SMILES string of the molecule is COCC(CN)Cc1ccc(OC)c(OC)c1. The Hall–Kier alpha value is -1.26. The van der Waals surface area contributed by atoms with Crippen molar-refractivity contribution in [2.24, 2.45) is 11.7 Å². The molecule has 0 spiro atoms. The number of nitrogens with two attached hydrogens (primary N) is 1. The topological polar surface area (TPSA) is 53.7 Å². The second-order valence-corrected chi connectivity index (χ2v) is 3.95. The number of hydrogen-bond acceptors (Lipinski definition) is 4. The summed E-state index contributed by atoms with van der Waals surface area (Å²) in [6, 6.07) is 5.92. The summed E-state index contributed by atoms with van der Waals surface area (Å²) < 4.78 is 15.6. The minimum Gasteiger partial charge on any atom is -0.493 e. The quantitative estimate of drug-likeness (QED) is 0.783. The van der Waals surface area contributed by atoms with Gasteiger partial charge in [0.05, 0.1) is 20.8 Å². The van der Waals surface area contributed by atoms with Crippen LogP contribution in [0.3, 0.4) is 0 Å². The lowest BCUT2D eigenvalue weighted by molar-refractivity contribution is 0.155. The third kappa shape index (κ3) is 3.91. The summed E-state index contributed by atoms with van der Waals surface area (Å²) in [5, 5.41) is 0. The molecule has 0 fully saturated rings. The summed E-state index contributed by atoms with van der Waals surface area (Å²) in [5.74, 6) is 1.82. The van der Waals surface area contributed by atoms with Crippen molar-refractivity contribution in [3.8, 4) is 11.5 Å². The van der Waals surface area contributed by atoms with Crippen LogP contribution in [0.4, 0.5) is 0 Å². The van der Waals surface area contributed by atoms with Gasteiger partial charge in [0.1, 0.15) is 0 Å². The highest BCUT2D eigenvalue weighted by molar-refractivity contribution is 5.43. The van der Waals surface area contributed by atoms with Gasteiger partial charge in [-0.15, -0.1) is 0 Å². The van der Waals surface area contributed by atoms with Crippen LogP contribution >= 0.6 is 0 Å². The van der Waals surface area contributed by atoms with Gasteiger partial charge in [-0.05, 0) is 36.6 Å². The molecule has 1 unspecified atom stereocenters. The molecule has 1 atom stereocenters. The molecule has 2 N–H and O–H groups in total. The Kier molecular flexibility index (Phi) is 5.80. The highest BCUT2D eigenvalue weighted by Gasteiger charge is 2.10. The van der Waals surface area contributed by atoms with Gasteiger partial charge >= 0.3 is 0 Å². The second kappa shape index (κ2) is 7.14. The summed E-state index contributed by atoms with van der Waals surface area (Å²) in [6.07, 6.45) is 0.880. The molecule has 4 heteroatoms. The first-order valence-corrected chi connectivity index (χ1v) is 5.65. The van der Waals surface area contributed by atoms with E-state index in [1.807, 2.05) is 18.2 Å². The van der Waals surface area contributed by atoms with Crippen LogP contribution in [0, 0.1) is 5.92 Å². The number of hydrogen-bond donors (Lipinski definition) is 1. The van der Waals surface area contributed by atoms with Gasteiger partial charge in [-0.25, -0.2) is 0 Å². The first-order chi connectivity index (χ1) is 8.24. The van der Waals surface area contributed by atoms with E-state index in [1.54, 1.807) is 21.3 Å². The fourth-order valence-corrected chi connectivity index (χ4v) is 1.79. The maximum Gasteiger partial charge on any atom is 0.160 e. The van der Waals surface area contributed by atoms with E-state index in [0.29, 0.717) is 19.1 Å². The zero-order valence-corrected chi connectivity index (χ0v) is 10.7. The normalized spacial score (nSPS) is 12.2. The van der Waals surface area contributed by atoms with Crippen LogP contribution in [-0.2, 0) is 11.2 Å². The predicted molar refractivity (Wildman–Crippen MR) is 67.7 cm³/mol. The Morgan fingerprint density at radius 3 is 2.35 bits per heavy atom. The maximum absolute atomic E-state index is 5.70. The van der Waals surface area contributed by atoms with Gasteiger partial charge in [0, 0.05) is 7.11 Å². The minimum absolute atomic E-state index is 0.332. The Labute approximate surface area is 103 Å². The fraction of sp³-hybridized carbons (Fsp3) is 0.538. The van der Waals surface area contributed by atoms with E-state index in [4.69, 9.17) is 19.9 Å². The second-order valence-electron chi connectivity index (χ2n) is 3.95. The molecular formula is C13H21NO3. The Bertz CT molecular complexity index is 341. The lowest BCUT2D eigenvalue weighted by atomic mass is 10.00. The number of ether oxygens (including phenoxy) is 3. The highest BCUT2D eigenvalue weighted by Crippen LogP contribution is 2.28. The Balaban J connectivity index is 2.77. The summed E-state index contributed by atoms with van der Waals surface area (Å²) in [7, 11) is 4.96. The van der Waals surface area contributed by atoms with Crippen molar-refractivity contribution in [2.75, 3.05) is 34.5 Å². The molecule has 0 aromatic heterocycles. The van der Waals surface area contributed by atoms with Crippen molar-refractivity contribution in [1.82, 2.24) is 0 Å². The molecule has 0 aliphatic heterocycles. The van der Waals surface area contributed by atoms with E-state index in [-0.39, 0.29) is 0 Å². The first kappa shape index (κ1) is 13.8. The minimum atomic E-state index is 0.332. The molecule has 1 aromatic rings. The molecular weight excluding hydrogens is 218 g/mol. The van der Waals surface area contributed by atoms with E-state index < -0.39 is 0 Å². The molecule has 0 aliphatic rings. The zero-order valence-electron chi connectivity index (χ0n) is 10.7. The molecule has 17 heavy (non-hydrogen) atoms. The van der Waals surface area contributed by atoms with Crippen molar-refractivity contribution in [1.29, 1.82) is 0 Å². The van der Waals surface area contributed by atoms with Gasteiger partial charge in [-0.1, -0.05) is 6.07 Å². The van der Waals surface area contributed by atoms with Crippen LogP contribution in [-0.4, -0.2) is 34.5 Å². The highest BCUT2D eigenvalue weighted by atomic mass is 16.5. The molecule has 0 saturated heterocycles. The van der Waals surface area contributed by atoms with E-state index in [2.05, 4.69) is 0 Å². The van der Waals surface area contributed by atoms with E-state index in [9.17, 15) is 0 Å². The first-order valence-electron chi connectivity index (χ1n) is 5.65. The lowest BCUT2D eigenvalue weighted by Crippen LogP contribution is -2.21. The largest absolute Gasteiger partial charge is 0.493 e. The van der Waals surface area contributed by atoms with Crippen LogP contribution in [0.5, 0.6) is 11.5 Å². The number of benzene rings is 1. The van der Waals surface area contributed by atoms with Gasteiger partial charge in [0.15, 0.2) is 11.5 Å². The summed E-state index contributed by atoms with van der Waals surface area (Å²) >= 11 is 0. The van der Waals surface area contributed by atoms with Crippen molar-refractivity contribution in [3.05, 3.63) is 23.8 Å². The maximum atomic E-state index is 5.70. The van der Waals surface area contributed by atoms with Crippen LogP contribution in [0.1, 0.15) is 5.56 Å². The molecule has 0 saturated carbocycles. The molecule has 1 rings (SSSR count). The molecule has 0 radical (unpaired) electrons. The molecule has 0 heterocycles. The van der Waals surface area contributed by atoms with Crippen LogP contribution in [0.15, 0.2) is 18.2 Å². The fourth-order valence-electron chi connectivity index (χ4n) is 1.79. The van der Waals surface area contributed by atoms with Gasteiger partial charge in [-0.3, -0.25) is 0 Å². The van der Waals surface area contributed by atoms with Crippen molar-refractivity contribution in [3.63, 3.8) is 0 Å². The molecule has 0 aliphatic carbocycles. The van der Waals surface area contributed by atoms with Crippen molar-refractivity contribution < 1.29 is 14.2 Å². The van der Waals surface area contributed by atoms with E-state index in [1.165, 1.54) is 5.56 Å². The van der Waals surface area contributed by atoms with Crippen molar-refractivity contribution in [2.45, 2.75) is 6.42 Å². The summed E-state index contributed by atoms with van der Waals surface area (Å²) in [4.78, 5) is 0.